The maximum atomic E-state index is 6.13. The maximum absolute atomic E-state index is 6.13. The number of fused-ring (bicyclic) bond motifs is 1. The normalized spacial score (nSPS) is 23.6. The Labute approximate surface area is 91.1 Å². The molecule has 15 heavy (non-hydrogen) atoms. The molecule has 0 fully saturated rings. The lowest BCUT2D eigenvalue weighted by Crippen LogP contribution is -2.31. The third kappa shape index (κ3) is 2.02. The molecule has 0 saturated carbocycles. The Bertz CT molecular complexity index is 371. The van der Waals surface area contributed by atoms with Crippen molar-refractivity contribution in [1.29, 1.82) is 0 Å². The van der Waals surface area contributed by atoms with E-state index in [9.17, 15) is 0 Å². The summed E-state index contributed by atoms with van der Waals surface area (Å²) in [4.78, 5) is 8.90. The molecule has 3 heteroatoms. The fraction of sp³-hybridized carbons (Fsp3) is 0.667. The first-order valence-corrected chi connectivity index (χ1v) is 5.62. The average molecular weight is 205 g/mol. The van der Waals surface area contributed by atoms with E-state index >= 15 is 0 Å². The van der Waals surface area contributed by atoms with Crippen LogP contribution in [0.2, 0.25) is 0 Å². The van der Waals surface area contributed by atoms with Crippen LogP contribution >= 0.6 is 0 Å². The van der Waals surface area contributed by atoms with E-state index in [-0.39, 0.29) is 11.5 Å². The highest BCUT2D eigenvalue weighted by Gasteiger charge is 2.31. The average Bonchev–Trinajstić information content (AvgIpc) is 2.14. The van der Waals surface area contributed by atoms with E-state index < -0.39 is 0 Å². The summed E-state index contributed by atoms with van der Waals surface area (Å²) in [5.74, 6) is 0.929. The fourth-order valence-corrected chi connectivity index (χ4v) is 2.32. The monoisotopic (exact) mass is 205 g/mol. The molecule has 2 rings (SSSR count). The van der Waals surface area contributed by atoms with E-state index in [1.54, 1.807) is 0 Å². The van der Waals surface area contributed by atoms with Crippen molar-refractivity contribution in [2.45, 2.75) is 46.1 Å². The topological polar surface area (TPSA) is 51.8 Å². The molecule has 0 amide bonds. The number of hydrogen-bond acceptors (Lipinski definition) is 3. The number of nitrogens with zero attached hydrogens (tertiary/aromatic N) is 2. The van der Waals surface area contributed by atoms with Crippen LogP contribution in [-0.2, 0) is 12.8 Å². The quantitative estimate of drug-likeness (QED) is 0.763. The van der Waals surface area contributed by atoms with E-state index in [2.05, 4.69) is 30.7 Å². The van der Waals surface area contributed by atoms with Crippen LogP contribution in [0.1, 0.15) is 50.3 Å². The van der Waals surface area contributed by atoms with E-state index in [1.807, 2.05) is 6.20 Å². The molecule has 1 aliphatic rings. The number of nitrogens with two attached hydrogens (primary N) is 1. The van der Waals surface area contributed by atoms with Gasteiger partial charge in [0.2, 0.25) is 0 Å². The Hall–Kier alpha value is -0.960. The predicted molar refractivity (Wildman–Crippen MR) is 60.4 cm³/mol. The summed E-state index contributed by atoms with van der Waals surface area (Å²) in [6, 6.07) is 0.106. The molecule has 0 saturated heterocycles. The van der Waals surface area contributed by atoms with Crippen molar-refractivity contribution in [2.24, 2.45) is 11.1 Å². The second-order valence-electron chi connectivity index (χ2n) is 5.19. The first-order valence-electron chi connectivity index (χ1n) is 5.62. The van der Waals surface area contributed by atoms with Gasteiger partial charge in [-0.2, -0.15) is 0 Å². The van der Waals surface area contributed by atoms with Gasteiger partial charge in [-0.1, -0.05) is 20.8 Å². The third-order valence-electron chi connectivity index (χ3n) is 3.08. The standard InChI is InChI=1S/C12H19N3/c1-4-11-14-7-8-9(13)5-12(2,3)6-10(8)15-11/h7,9H,4-6,13H2,1-3H3. The van der Waals surface area contributed by atoms with Gasteiger partial charge in [-0.15, -0.1) is 0 Å². The highest BCUT2D eigenvalue weighted by Crippen LogP contribution is 2.38. The van der Waals surface area contributed by atoms with Gasteiger partial charge in [0.1, 0.15) is 5.82 Å². The van der Waals surface area contributed by atoms with Gasteiger partial charge in [-0.3, -0.25) is 0 Å². The van der Waals surface area contributed by atoms with Crippen molar-refractivity contribution < 1.29 is 0 Å². The van der Waals surface area contributed by atoms with E-state index in [0.29, 0.717) is 0 Å². The van der Waals surface area contributed by atoms with E-state index in [4.69, 9.17) is 5.73 Å². The minimum atomic E-state index is 0.106. The van der Waals surface area contributed by atoms with Crippen LogP contribution in [0.4, 0.5) is 0 Å². The van der Waals surface area contributed by atoms with Gasteiger partial charge >= 0.3 is 0 Å². The van der Waals surface area contributed by atoms with Crippen molar-refractivity contribution in [2.75, 3.05) is 0 Å². The second-order valence-corrected chi connectivity index (χ2v) is 5.19. The second kappa shape index (κ2) is 3.56. The summed E-state index contributed by atoms with van der Waals surface area (Å²) in [5.41, 5.74) is 8.71. The summed E-state index contributed by atoms with van der Waals surface area (Å²) < 4.78 is 0. The van der Waals surface area contributed by atoms with Gasteiger partial charge in [-0.05, 0) is 18.3 Å². The smallest absolute Gasteiger partial charge is 0.128 e. The van der Waals surface area contributed by atoms with Gasteiger partial charge in [-0.25, -0.2) is 9.97 Å². The fourth-order valence-electron chi connectivity index (χ4n) is 2.32. The van der Waals surface area contributed by atoms with Crippen LogP contribution in [-0.4, -0.2) is 9.97 Å². The molecule has 0 aromatic carbocycles. The molecule has 0 aliphatic heterocycles. The molecule has 3 nitrogen and oxygen atoms in total. The van der Waals surface area contributed by atoms with Gasteiger partial charge in [0.25, 0.3) is 0 Å². The Morgan fingerprint density at radius 1 is 1.53 bits per heavy atom. The first-order chi connectivity index (χ1) is 7.02. The van der Waals surface area contributed by atoms with Crippen LogP contribution < -0.4 is 5.73 Å². The molecule has 1 aromatic heterocycles. The number of rotatable bonds is 1. The lowest BCUT2D eigenvalue weighted by Gasteiger charge is -2.34. The Morgan fingerprint density at radius 3 is 2.93 bits per heavy atom. The summed E-state index contributed by atoms with van der Waals surface area (Å²) in [7, 11) is 0. The Kier molecular flexibility index (Phi) is 2.51. The van der Waals surface area contributed by atoms with Crippen LogP contribution in [0.5, 0.6) is 0 Å². The SMILES string of the molecule is CCc1ncc2c(n1)CC(C)(C)CC2N. The van der Waals surface area contributed by atoms with Crippen molar-refractivity contribution in [3.8, 4) is 0 Å². The molecule has 1 aliphatic carbocycles. The van der Waals surface area contributed by atoms with Crippen molar-refractivity contribution in [3.05, 3.63) is 23.3 Å². The minimum Gasteiger partial charge on any atom is -0.324 e. The molecule has 1 unspecified atom stereocenters. The minimum absolute atomic E-state index is 0.106. The summed E-state index contributed by atoms with van der Waals surface area (Å²) in [6.45, 7) is 6.59. The lowest BCUT2D eigenvalue weighted by molar-refractivity contribution is 0.277. The molecule has 0 spiro atoms. The molecule has 0 radical (unpaired) electrons. The van der Waals surface area contributed by atoms with Gasteiger partial charge in [0, 0.05) is 29.9 Å². The largest absolute Gasteiger partial charge is 0.324 e. The summed E-state index contributed by atoms with van der Waals surface area (Å²) in [6.07, 6.45) is 4.85. The molecule has 1 heterocycles. The highest BCUT2D eigenvalue weighted by atomic mass is 14.9. The number of aryl methyl sites for hydroxylation is 1. The molecular formula is C12H19N3. The summed E-state index contributed by atoms with van der Waals surface area (Å²) >= 11 is 0. The highest BCUT2D eigenvalue weighted by molar-refractivity contribution is 5.26. The van der Waals surface area contributed by atoms with Crippen LogP contribution in [0, 0.1) is 5.41 Å². The molecule has 1 atom stereocenters. The zero-order valence-electron chi connectivity index (χ0n) is 9.75. The lowest BCUT2D eigenvalue weighted by atomic mass is 9.74. The zero-order chi connectivity index (χ0) is 11.1. The molecule has 2 N–H and O–H groups in total. The zero-order valence-corrected chi connectivity index (χ0v) is 9.75. The Balaban J connectivity index is 2.42. The van der Waals surface area contributed by atoms with Crippen molar-refractivity contribution in [1.82, 2.24) is 9.97 Å². The van der Waals surface area contributed by atoms with Crippen LogP contribution in [0.25, 0.3) is 0 Å². The van der Waals surface area contributed by atoms with E-state index in [0.717, 1.165) is 36.3 Å². The summed E-state index contributed by atoms with van der Waals surface area (Å²) in [5, 5.41) is 0. The Morgan fingerprint density at radius 2 is 2.27 bits per heavy atom. The van der Waals surface area contributed by atoms with Gasteiger partial charge in [0.05, 0.1) is 0 Å². The van der Waals surface area contributed by atoms with Crippen LogP contribution in [0.3, 0.4) is 0 Å². The molecule has 0 bridgehead atoms. The van der Waals surface area contributed by atoms with Crippen LogP contribution in [0.15, 0.2) is 6.20 Å². The molecule has 82 valence electrons. The van der Waals surface area contributed by atoms with Crippen molar-refractivity contribution in [3.63, 3.8) is 0 Å². The predicted octanol–water partition coefficient (Wildman–Crippen LogP) is 2.01. The van der Waals surface area contributed by atoms with Gasteiger partial charge < -0.3 is 5.73 Å². The molecule has 1 aromatic rings. The van der Waals surface area contributed by atoms with E-state index in [1.165, 1.54) is 0 Å². The van der Waals surface area contributed by atoms with Gasteiger partial charge in [0.15, 0.2) is 0 Å². The maximum Gasteiger partial charge on any atom is 0.128 e. The number of aromatic nitrogens is 2. The first kappa shape index (κ1) is 10.6. The number of hydrogen-bond donors (Lipinski definition) is 1. The molecular weight excluding hydrogens is 186 g/mol. The van der Waals surface area contributed by atoms with Crippen molar-refractivity contribution >= 4 is 0 Å². The third-order valence-corrected chi connectivity index (χ3v) is 3.08.